The minimum atomic E-state index is -0.542. The largest absolute Gasteiger partial charge is 0.484 e. The van der Waals surface area contributed by atoms with Gasteiger partial charge in [0.2, 0.25) is 0 Å². The lowest BCUT2D eigenvalue weighted by Crippen LogP contribution is -2.19. The molecule has 2 rings (SSSR count). The third-order valence-electron chi connectivity index (χ3n) is 2.83. The van der Waals surface area contributed by atoms with E-state index in [0.29, 0.717) is 16.3 Å². The Morgan fingerprint density at radius 3 is 2.64 bits per heavy atom. The van der Waals surface area contributed by atoms with Crippen molar-refractivity contribution in [1.82, 2.24) is 0 Å². The highest BCUT2D eigenvalue weighted by molar-refractivity contribution is 6.30. The molecule has 0 aliphatic rings. The highest BCUT2D eigenvalue weighted by Crippen LogP contribution is 2.22. The molecule has 0 saturated carbocycles. The molecule has 0 bridgehead atoms. The predicted molar refractivity (Wildman–Crippen MR) is 86.1 cm³/mol. The van der Waals surface area contributed by atoms with Crippen LogP contribution in [0.15, 0.2) is 48.5 Å². The van der Waals surface area contributed by atoms with E-state index in [1.165, 1.54) is 0 Å². The summed E-state index contributed by atoms with van der Waals surface area (Å²) in [5.74, 6) is -0.0271. The molecule has 22 heavy (non-hydrogen) atoms. The van der Waals surface area contributed by atoms with Gasteiger partial charge >= 0.3 is 0 Å². The Bertz CT molecular complexity index is 746. The fraction of sp³-hybridized carbons (Fsp3) is 0.0588. The summed E-state index contributed by atoms with van der Waals surface area (Å²) in [5.41, 5.74) is 7.10. The number of hydrogen-bond acceptors (Lipinski definition) is 3. The van der Waals surface area contributed by atoms with Gasteiger partial charge in [-0.15, -0.1) is 0 Å². The third-order valence-corrected chi connectivity index (χ3v) is 3.08. The summed E-state index contributed by atoms with van der Waals surface area (Å²) in [6.45, 7) is -0.185. The number of allylic oxidation sites excluding steroid dienone is 1. The molecule has 2 aromatic carbocycles. The smallest absolute Gasteiger partial charge is 0.255 e. The van der Waals surface area contributed by atoms with E-state index in [-0.39, 0.29) is 6.61 Å². The SMILES string of the molecule is N#C/C(=C\c1cccc(OCC(N)=O)c1)c1ccc(Cl)cc1. The Hall–Kier alpha value is -2.77. The summed E-state index contributed by atoms with van der Waals surface area (Å²) in [5, 5.41) is 9.93. The Kier molecular flexibility index (Phi) is 5.18. The van der Waals surface area contributed by atoms with E-state index >= 15 is 0 Å². The second-order valence-corrected chi connectivity index (χ2v) is 4.94. The highest BCUT2D eigenvalue weighted by Gasteiger charge is 2.03. The van der Waals surface area contributed by atoms with Crippen molar-refractivity contribution >= 4 is 29.2 Å². The van der Waals surface area contributed by atoms with Crippen molar-refractivity contribution in [1.29, 1.82) is 5.26 Å². The summed E-state index contributed by atoms with van der Waals surface area (Å²) in [6.07, 6.45) is 1.74. The van der Waals surface area contributed by atoms with Crippen LogP contribution in [0, 0.1) is 11.3 Å². The fourth-order valence-corrected chi connectivity index (χ4v) is 1.95. The van der Waals surface area contributed by atoms with Crippen LogP contribution in [-0.4, -0.2) is 12.5 Å². The van der Waals surface area contributed by atoms with E-state index < -0.39 is 5.91 Å². The van der Waals surface area contributed by atoms with Crippen molar-refractivity contribution in [3.05, 3.63) is 64.7 Å². The van der Waals surface area contributed by atoms with Gasteiger partial charge in [0.1, 0.15) is 5.75 Å². The molecular weight excluding hydrogens is 300 g/mol. The molecule has 2 N–H and O–H groups in total. The maximum Gasteiger partial charge on any atom is 0.255 e. The number of carbonyl (C=O) groups excluding carboxylic acids is 1. The average Bonchev–Trinajstić information content (AvgIpc) is 2.52. The minimum absolute atomic E-state index is 0.185. The van der Waals surface area contributed by atoms with Crippen LogP contribution in [-0.2, 0) is 4.79 Å². The third kappa shape index (κ3) is 4.37. The standard InChI is InChI=1S/C17H13ClN2O2/c18-15-6-4-13(5-7-15)14(10-19)8-12-2-1-3-16(9-12)22-11-17(20)21/h1-9H,11H2,(H2,20,21)/b14-8+. The van der Waals surface area contributed by atoms with E-state index in [1.807, 2.05) is 6.07 Å². The number of nitriles is 1. The van der Waals surface area contributed by atoms with Crippen molar-refractivity contribution in [3.63, 3.8) is 0 Å². The van der Waals surface area contributed by atoms with Gasteiger partial charge in [-0.25, -0.2) is 0 Å². The number of nitrogens with zero attached hydrogens (tertiary/aromatic N) is 1. The first-order valence-electron chi connectivity index (χ1n) is 6.47. The lowest BCUT2D eigenvalue weighted by Gasteiger charge is -2.05. The lowest BCUT2D eigenvalue weighted by atomic mass is 10.0. The lowest BCUT2D eigenvalue weighted by molar-refractivity contribution is -0.119. The second kappa shape index (κ2) is 7.30. The summed E-state index contributed by atoms with van der Waals surface area (Å²) < 4.78 is 5.24. The molecule has 5 heteroatoms. The Labute approximate surface area is 133 Å². The summed E-state index contributed by atoms with van der Waals surface area (Å²) in [4.78, 5) is 10.7. The Balaban J connectivity index is 2.26. The first kappa shape index (κ1) is 15.6. The number of ether oxygens (including phenoxy) is 1. The summed E-state index contributed by atoms with van der Waals surface area (Å²) in [6, 6.07) is 16.2. The van der Waals surface area contributed by atoms with E-state index in [0.717, 1.165) is 11.1 Å². The zero-order chi connectivity index (χ0) is 15.9. The second-order valence-electron chi connectivity index (χ2n) is 4.50. The van der Waals surface area contributed by atoms with Crippen molar-refractivity contribution in [2.75, 3.05) is 6.61 Å². The van der Waals surface area contributed by atoms with Gasteiger partial charge in [-0.1, -0.05) is 35.9 Å². The topological polar surface area (TPSA) is 76.1 Å². The highest BCUT2D eigenvalue weighted by atomic mass is 35.5. The van der Waals surface area contributed by atoms with Crippen molar-refractivity contribution in [3.8, 4) is 11.8 Å². The van der Waals surface area contributed by atoms with Gasteiger partial charge in [0.25, 0.3) is 5.91 Å². The number of amides is 1. The number of rotatable bonds is 5. The molecule has 0 aromatic heterocycles. The van der Waals surface area contributed by atoms with Crippen molar-refractivity contribution in [2.45, 2.75) is 0 Å². The zero-order valence-electron chi connectivity index (χ0n) is 11.6. The molecule has 0 spiro atoms. The number of nitrogens with two attached hydrogens (primary N) is 1. The molecule has 0 heterocycles. The predicted octanol–water partition coefficient (Wildman–Crippen LogP) is 3.27. The van der Waals surface area contributed by atoms with E-state index in [1.54, 1.807) is 48.5 Å². The summed E-state index contributed by atoms with van der Waals surface area (Å²) in [7, 11) is 0. The number of carbonyl (C=O) groups is 1. The molecule has 2 aromatic rings. The summed E-state index contributed by atoms with van der Waals surface area (Å²) >= 11 is 5.84. The molecule has 0 unspecified atom stereocenters. The van der Waals surface area contributed by atoms with Crippen LogP contribution in [0.1, 0.15) is 11.1 Å². The molecule has 1 amide bonds. The molecule has 0 atom stereocenters. The van der Waals surface area contributed by atoms with Gasteiger partial charge < -0.3 is 10.5 Å². The maximum absolute atomic E-state index is 10.7. The van der Waals surface area contributed by atoms with Crippen LogP contribution in [0.2, 0.25) is 5.02 Å². The van der Waals surface area contributed by atoms with Crippen LogP contribution in [0.5, 0.6) is 5.75 Å². The maximum atomic E-state index is 10.7. The van der Waals surface area contributed by atoms with E-state index in [2.05, 4.69) is 6.07 Å². The minimum Gasteiger partial charge on any atom is -0.484 e. The molecule has 0 aliphatic heterocycles. The van der Waals surface area contributed by atoms with Gasteiger partial charge in [0, 0.05) is 5.02 Å². The van der Waals surface area contributed by atoms with Crippen LogP contribution in [0.3, 0.4) is 0 Å². The van der Waals surface area contributed by atoms with Crippen LogP contribution < -0.4 is 10.5 Å². The number of primary amides is 1. The zero-order valence-corrected chi connectivity index (χ0v) is 12.4. The Morgan fingerprint density at radius 2 is 2.00 bits per heavy atom. The average molecular weight is 313 g/mol. The molecular formula is C17H13ClN2O2. The molecule has 110 valence electrons. The van der Waals surface area contributed by atoms with Crippen molar-refractivity contribution in [2.24, 2.45) is 5.73 Å². The molecule has 0 fully saturated rings. The number of benzene rings is 2. The first-order valence-corrected chi connectivity index (χ1v) is 6.85. The number of hydrogen-bond donors (Lipinski definition) is 1. The molecule has 0 saturated heterocycles. The fourth-order valence-electron chi connectivity index (χ4n) is 1.82. The molecule has 4 nitrogen and oxygen atoms in total. The van der Waals surface area contributed by atoms with Gasteiger partial charge in [-0.2, -0.15) is 5.26 Å². The van der Waals surface area contributed by atoms with Gasteiger partial charge in [0.05, 0.1) is 11.6 Å². The van der Waals surface area contributed by atoms with Gasteiger partial charge in [-0.05, 0) is 41.5 Å². The first-order chi connectivity index (χ1) is 10.6. The van der Waals surface area contributed by atoms with Crippen LogP contribution in [0.4, 0.5) is 0 Å². The number of halogens is 1. The van der Waals surface area contributed by atoms with Crippen LogP contribution >= 0.6 is 11.6 Å². The Morgan fingerprint density at radius 1 is 1.27 bits per heavy atom. The van der Waals surface area contributed by atoms with Gasteiger partial charge in [-0.3, -0.25) is 4.79 Å². The monoisotopic (exact) mass is 312 g/mol. The van der Waals surface area contributed by atoms with Crippen LogP contribution in [0.25, 0.3) is 11.6 Å². The van der Waals surface area contributed by atoms with Crippen molar-refractivity contribution < 1.29 is 9.53 Å². The van der Waals surface area contributed by atoms with Gasteiger partial charge in [0.15, 0.2) is 6.61 Å². The van der Waals surface area contributed by atoms with E-state index in [4.69, 9.17) is 22.1 Å². The van der Waals surface area contributed by atoms with E-state index in [9.17, 15) is 10.1 Å². The normalized spacial score (nSPS) is 10.8. The molecule has 0 aliphatic carbocycles. The quantitative estimate of drug-likeness (QED) is 0.680. The molecule has 0 radical (unpaired) electrons.